The maximum Gasteiger partial charge on any atom is 0.342 e. The highest BCUT2D eigenvalue weighted by atomic mass is 32.1. The van der Waals surface area contributed by atoms with Gasteiger partial charge in [0.1, 0.15) is 0 Å². The van der Waals surface area contributed by atoms with E-state index >= 15 is 0 Å². The molecule has 1 fully saturated rings. The van der Waals surface area contributed by atoms with Crippen molar-refractivity contribution < 1.29 is 14.6 Å². The Labute approximate surface area is 85.5 Å². The Morgan fingerprint density at radius 1 is 1.79 bits per heavy atom. The summed E-state index contributed by atoms with van der Waals surface area (Å²) in [4.78, 5) is 15.4. The molecule has 1 aromatic rings. The fourth-order valence-corrected chi connectivity index (χ4v) is 2.35. The second kappa shape index (κ2) is 3.33. The quantitative estimate of drug-likeness (QED) is 0.809. The van der Waals surface area contributed by atoms with Crippen LogP contribution in [0.15, 0.2) is 5.38 Å². The molecule has 0 aliphatic carbocycles. The summed E-state index contributed by atoms with van der Waals surface area (Å²) in [6, 6.07) is 0. The van der Waals surface area contributed by atoms with Crippen molar-refractivity contribution in [1.82, 2.24) is 4.98 Å². The summed E-state index contributed by atoms with van der Waals surface area (Å²) in [5, 5.41) is 11.8. The molecule has 0 amide bonds. The lowest BCUT2D eigenvalue weighted by molar-refractivity contribution is -0.161. The third-order valence-corrected chi connectivity index (χ3v) is 3.17. The Morgan fingerprint density at radius 2 is 2.57 bits per heavy atom. The molecular weight excluding hydrogens is 202 g/mol. The van der Waals surface area contributed by atoms with Crippen LogP contribution in [0.1, 0.15) is 23.5 Å². The smallest absolute Gasteiger partial charge is 0.342 e. The molecule has 2 heterocycles. The van der Waals surface area contributed by atoms with Gasteiger partial charge in [-0.25, -0.2) is 9.78 Å². The molecule has 0 spiro atoms. The Morgan fingerprint density at radius 3 is 3.00 bits per heavy atom. The van der Waals surface area contributed by atoms with E-state index in [9.17, 15) is 4.79 Å². The minimum Gasteiger partial charge on any atom is -0.479 e. The molecule has 1 aliphatic rings. The summed E-state index contributed by atoms with van der Waals surface area (Å²) in [6.45, 7) is 2.36. The monoisotopic (exact) mass is 213 g/mol. The lowest BCUT2D eigenvalue weighted by atomic mass is 9.97. The van der Waals surface area contributed by atoms with Gasteiger partial charge in [-0.2, -0.15) is 0 Å². The predicted octanol–water partition coefficient (Wildman–Crippen LogP) is 1.54. The molecule has 0 saturated carbocycles. The number of ether oxygens (including phenoxy) is 1. The highest BCUT2D eigenvalue weighted by Gasteiger charge is 2.46. The van der Waals surface area contributed by atoms with Gasteiger partial charge in [-0.15, -0.1) is 11.3 Å². The number of thiazole rings is 1. The van der Waals surface area contributed by atoms with E-state index < -0.39 is 11.6 Å². The van der Waals surface area contributed by atoms with Gasteiger partial charge in [0.25, 0.3) is 0 Å². The minimum absolute atomic E-state index is 0.503. The summed E-state index contributed by atoms with van der Waals surface area (Å²) >= 11 is 1.45. The Bertz CT molecular complexity index is 355. The Hall–Kier alpha value is -0.940. The van der Waals surface area contributed by atoms with E-state index in [1.165, 1.54) is 11.3 Å². The molecule has 1 N–H and O–H groups in total. The van der Waals surface area contributed by atoms with Crippen molar-refractivity contribution in [1.29, 1.82) is 0 Å². The number of aliphatic carboxylic acids is 1. The van der Waals surface area contributed by atoms with E-state index in [-0.39, 0.29) is 0 Å². The molecule has 1 saturated heterocycles. The molecule has 2 rings (SSSR count). The largest absolute Gasteiger partial charge is 0.479 e. The molecule has 1 atom stereocenters. The van der Waals surface area contributed by atoms with Gasteiger partial charge in [0, 0.05) is 12.0 Å². The van der Waals surface area contributed by atoms with Crippen molar-refractivity contribution in [3.05, 3.63) is 16.1 Å². The average Bonchev–Trinajstić information content (AvgIpc) is 2.71. The molecule has 0 aromatic carbocycles. The van der Waals surface area contributed by atoms with E-state index in [4.69, 9.17) is 9.84 Å². The first-order valence-corrected chi connectivity index (χ1v) is 5.33. The molecular formula is C9H11NO3S. The van der Waals surface area contributed by atoms with Gasteiger partial charge in [-0.05, 0) is 19.8 Å². The number of carbonyl (C=O) groups is 1. The molecule has 14 heavy (non-hydrogen) atoms. The van der Waals surface area contributed by atoms with Crippen LogP contribution in [0.5, 0.6) is 0 Å². The van der Waals surface area contributed by atoms with Gasteiger partial charge >= 0.3 is 5.97 Å². The maximum absolute atomic E-state index is 11.2. The lowest BCUT2D eigenvalue weighted by Crippen LogP contribution is -2.35. The van der Waals surface area contributed by atoms with E-state index in [1.54, 1.807) is 5.38 Å². The Balaban J connectivity index is 2.41. The molecule has 4 nitrogen and oxygen atoms in total. The Kier molecular flexibility index (Phi) is 2.28. The van der Waals surface area contributed by atoms with E-state index in [1.807, 2.05) is 6.92 Å². The van der Waals surface area contributed by atoms with E-state index in [2.05, 4.69) is 4.98 Å². The van der Waals surface area contributed by atoms with Gasteiger partial charge in [0.2, 0.25) is 5.60 Å². The van der Waals surface area contributed by atoms with Crippen molar-refractivity contribution in [2.75, 3.05) is 6.61 Å². The zero-order chi connectivity index (χ0) is 10.2. The average molecular weight is 213 g/mol. The first kappa shape index (κ1) is 9.61. The van der Waals surface area contributed by atoms with Crippen molar-refractivity contribution >= 4 is 17.3 Å². The minimum atomic E-state index is -1.18. The highest BCUT2D eigenvalue weighted by molar-refractivity contribution is 7.09. The third-order valence-electron chi connectivity index (χ3n) is 2.40. The standard InChI is InChI=1S/C9H11NO3S/c1-6-10-7(5-14-6)9(8(11)12)3-2-4-13-9/h5H,2-4H2,1H3,(H,11,12). The van der Waals surface area contributed by atoms with E-state index in [0.29, 0.717) is 18.7 Å². The van der Waals surface area contributed by atoms with Crippen LogP contribution in [0.4, 0.5) is 0 Å². The maximum atomic E-state index is 11.2. The fraction of sp³-hybridized carbons (Fsp3) is 0.556. The summed E-state index contributed by atoms with van der Waals surface area (Å²) in [5.41, 5.74) is -0.630. The second-order valence-electron chi connectivity index (χ2n) is 3.34. The molecule has 5 heteroatoms. The van der Waals surface area contributed by atoms with Gasteiger partial charge in [-0.3, -0.25) is 0 Å². The summed E-state index contributed by atoms with van der Waals surface area (Å²) in [7, 11) is 0. The van der Waals surface area contributed by atoms with Crippen LogP contribution < -0.4 is 0 Å². The number of hydrogen-bond donors (Lipinski definition) is 1. The van der Waals surface area contributed by atoms with Crippen LogP contribution >= 0.6 is 11.3 Å². The second-order valence-corrected chi connectivity index (χ2v) is 4.40. The van der Waals surface area contributed by atoms with Crippen LogP contribution in [0.3, 0.4) is 0 Å². The fourth-order valence-electron chi connectivity index (χ4n) is 1.67. The third kappa shape index (κ3) is 1.33. The summed E-state index contributed by atoms with van der Waals surface area (Å²) in [6.07, 6.45) is 1.30. The number of nitrogens with zero attached hydrogens (tertiary/aromatic N) is 1. The van der Waals surface area contributed by atoms with Gasteiger partial charge in [0.05, 0.1) is 10.7 Å². The topological polar surface area (TPSA) is 59.4 Å². The highest BCUT2D eigenvalue weighted by Crippen LogP contribution is 2.36. The summed E-state index contributed by atoms with van der Waals surface area (Å²) < 4.78 is 5.35. The van der Waals surface area contributed by atoms with Crippen LogP contribution in [-0.2, 0) is 15.1 Å². The van der Waals surface area contributed by atoms with Crippen LogP contribution in [-0.4, -0.2) is 22.7 Å². The summed E-state index contributed by atoms with van der Waals surface area (Å²) in [5.74, 6) is -0.930. The first-order valence-electron chi connectivity index (χ1n) is 4.45. The number of hydrogen-bond acceptors (Lipinski definition) is 4. The lowest BCUT2D eigenvalue weighted by Gasteiger charge is -2.20. The molecule has 76 valence electrons. The van der Waals surface area contributed by atoms with Gasteiger partial charge < -0.3 is 9.84 Å². The number of aromatic nitrogens is 1. The van der Waals surface area contributed by atoms with Gasteiger partial charge in [-0.1, -0.05) is 0 Å². The predicted molar refractivity (Wildman–Crippen MR) is 51.4 cm³/mol. The van der Waals surface area contributed by atoms with E-state index in [0.717, 1.165) is 11.4 Å². The van der Waals surface area contributed by atoms with Crippen molar-refractivity contribution in [3.8, 4) is 0 Å². The zero-order valence-electron chi connectivity index (χ0n) is 7.82. The van der Waals surface area contributed by atoms with Crippen LogP contribution in [0, 0.1) is 6.92 Å². The number of rotatable bonds is 2. The molecule has 1 unspecified atom stereocenters. The number of carboxylic acid groups (broad SMARTS) is 1. The number of aryl methyl sites for hydroxylation is 1. The van der Waals surface area contributed by atoms with Crippen LogP contribution in [0.25, 0.3) is 0 Å². The van der Waals surface area contributed by atoms with Crippen LogP contribution in [0.2, 0.25) is 0 Å². The number of carboxylic acids is 1. The SMILES string of the molecule is Cc1nc(C2(C(=O)O)CCCO2)cs1. The van der Waals surface area contributed by atoms with Crippen molar-refractivity contribution in [3.63, 3.8) is 0 Å². The molecule has 1 aromatic heterocycles. The molecule has 0 bridgehead atoms. The molecule has 1 aliphatic heterocycles. The van der Waals surface area contributed by atoms with Crippen molar-refractivity contribution in [2.45, 2.75) is 25.4 Å². The zero-order valence-corrected chi connectivity index (χ0v) is 8.63. The molecule has 0 radical (unpaired) electrons. The van der Waals surface area contributed by atoms with Crippen molar-refractivity contribution in [2.24, 2.45) is 0 Å². The van der Waals surface area contributed by atoms with Gasteiger partial charge in [0.15, 0.2) is 0 Å². The first-order chi connectivity index (χ1) is 6.65. The normalized spacial score (nSPS) is 26.6.